The largest absolute Gasteiger partial charge is 0.493 e. The minimum atomic E-state index is 0.596. The predicted molar refractivity (Wildman–Crippen MR) is 73.3 cm³/mol. The molecule has 1 saturated carbocycles. The fourth-order valence-corrected chi connectivity index (χ4v) is 2.14. The van der Waals surface area contributed by atoms with E-state index in [-0.39, 0.29) is 0 Å². The van der Waals surface area contributed by atoms with Crippen LogP contribution >= 0.6 is 0 Å². The fourth-order valence-electron chi connectivity index (χ4n) is 2.14. The molecule has 0 amide bonds. The molecule has 2 rings (SSSR count). The third-order valence-electron chi connectivity index (χ3n) is 3.31. The summed E-state index contributed by atoms with van der Waals surface area (Å²) in [6, 6.07) is 8.35. The third kappa shape index (κ3) is 4.22. The van der Waals surface area contributed by atoms with Crippen LogP contribution in [-0.4, -0.2) is 26.3 Å². The number of methoxy groups -OCH3 is 1. The first-order valence-electron chi connectivity index (χ1n) is 6.79. The standard InChI is InChI=1S/C15H23NO2/c1-12(11-13-7-8-13)16-9-10-18-15-6-4-3-5-14(15)17-2/h3-6,12-13,16H,7-11H2,1-2H3. The summed E-state index contributed by atoms with van der Waals surface area (Å²) in [5, 5.41) is 3.50. The molecule has 0 bridgehead atoms. The molecular formula is C15H23NO2. The van der Waals surface area contributed by atoms with E-state index in [1.807, 2.05) is 24.3 Å². The van der Waals surface area contributed by atoms with Crippen LogP contribution in [0.4, 0.5) is 0 Å². The maximum Gasteiger partial charge on any atom is 0.161 e. The molecule has 1 fully saturated rings. The summed E-state index contributed by atoms with van der Waals surface area (Å²) < 4.78 is 11.0. The van der Waals surface area contributed by atoms with E-state index >= 15 is 0 Å². The van der Waals surface area contributed by atoms with Gasteiger partial charge in [0, 0.05) is 12.6 Å². The second-order valence-electron chi connectivity index (χ2n) is 5.03. The van der Waals surface area contributed by atoms with Crippen LogP contribution in [0.15, 0.2) is 24.3 Å². The van der Waals surface area contributed by atoms with Crippen molar-refractivity contribution in [3.63, 3.8) is 0 Å². The number of hydrogen-bond acceptors (Lipinski definition) is 3. The molecule has 18 heavy (non-hydrogen) atoms. The van der Waals surface area contributed by atoms with Crippen LogP contribution in [-0.2, 0) is 0 Å². The molecule has 3 nitrogen and oxygen atoms in total. The average Bonchev–Trinajstić information content (AvgIpc) is 3.19. The van der Waals surface area contributed by atoms with Gasteiger partial charge in [0.25, 0.3) is 0 Å². The lowest BCUT2D eigenvalue weighted by atomic mass is 10.2. The molecule has 0 aliphatic heterocycles. The Balaban J connectivity index is 1.64. The Morgan fingerprint density at radius 3 is 2.67 bits per heavy atom. The first-order chi connectivity index (χ1) is 8.79. The van der Waals surface area contributed by atoms with E-state index < -0.39 is 0 Å². The summed E-state index contributed by atoms with van der Waals surface area (Å²) in [6.07, 6.45) is 4.14. The van der Waals surface area contributed by atoms with E-state index in [9.17, 15) is 0 Å². The Bertz CT molecular complexity index is 363. The zero-order valence-electron chi connectivity index (χ0n) is 11.3. The van der Waals surface area contributed by atoms with Gasteiger partial charge in [0.2, 0.25) is 0 Å². The molecule has 0 spiro atoms. The molecule has 1 N–H and O–H groups in total. The molecule has 1 aromatic carbocycles. The summed E-state index contributed by atoms with van der Waals surface area (Å²) in [6.45, 7) is 3.81. The Labute approximate surface area is 109 Å². The van der Waals surface area contributed by atoms with Crippen molar-refractivity contribution in [1.29, 1.82) is 0 Å². The smallest absolute Gasteiger partial charge is 0.161 e. The topological polar surface area (TPSA) is 30.5 Å². The fraction of sp³-hybridized carbons (Fsp3) is 0.600. The van der Waals surface area contributed by atoms with Gasteiger partial charge in [-0.2, -0.15) is 0 Å². The summed E-state index contributed by atoms with van der Waals surface area (Å²) >= 11 is 0. The second-order valence-corrected chi connectivity index (χ2v) is 5.03. The van der Waals surface area contributed by atoms with E-state index in [1.165, 1.54) is 19.3 Å². The van der Waals surface area contributed by atoms with E-state index in [0.717, 1.165) is 24.0 Å². The van der Waals surface area contributed by atoms with Crippen molar-refractivity contribution in [3.05, 3.63) is 24.3 Å². The van der Waals surface area contributed by atoms with Gasteiger partial charge in [0.05, 0.1) is 7.11 Å². The second kappa shape index (κ2) is 6.64. The predicted octanol–water partition coefficient (Wildman–Crippen LogP) is 2.85. The molecule has 3 heteroatoms. The van der Waals surface area contributed by atoms with Gasteiger partial charge in [-0.1, -0.05) is 25.0 Å². The van der Waals surface area contributed by atoms with Crippen molar-refractivity contribution in [2.24, 2.45) is 5.92 Å². The van der Waals surface area contributed by atoms with Crippen molar-refractivity contribution in [3.8, 4) is 11.5 Å². The van der Waals surface area contributed by atoms with Gasteiger partial charge in [-0.3, -0.25) is 0 Å². The molecule has 100 valence electrons. The molecule has 1 aromatic rings. The lowest BCUT2D eigenvalue weighted by Crippen LogP contribution is -2.30. The third-order valence-corrected chi connectivity index (χ3v) is 3.31. The van der Waals surface area contributed by atoms with E-state index in [0.29, 0.717) is 12.6 Å². The number of hydrogen-bond donors (Lipinski definition) is 1. The zero-order chi connectivity index (χ0) is 12.8. The molecule has 0 heterocycles. The van der Waals surface area contributed by atoms with Crippen LogP contribution in [0, 0.1) is 5.92 Å². The lowest BCUT2D eigenvalue weighted by molar-refractivity contribution is 0.285. The van der Waals surface area contributed by atoms with Crippen molar-refractivity contribution >= 4 is 0 Å². The van der Waals surface area contributed by atoms with Gasteiger partial charge in [-0.15, -0.1) is 0 Å². The van der Waals surface area contributed by atoms with Crippen molar-refractivity contribution < 1.29 is 9.47 Å². The van der Waals surface area contributed by atoms with Gasteiger partial charge < -0.3 is 14.8 Å². The van der Waals surface area contributed by atoms with Gasteiger partial charge >= 0.3 is 0 Å². The highest BCUT2D eigenvalue weighted by Crippen LogP contribution is 2.33. The minimum Gasteiger partial charge on any atom is -0.493 e. The number of para-hydroxylation sites is 2. The molecule has 0 aromatic heterocycles. The van der Waals surface area contributed by atoms with Crippen LogP contribution < -0.4 is 14.8 Å². The monoisotopic (exact) mass is 249 g/mol. The summed E-state index contributed by atoms with van der Waals surface area (Å²) in [5.41, 5.74) is 0. The first kappa shape index (κ1) is 13.2. The van der Waals surface area contributed by atoms with E-state index in [4.69, 9.17) is 9.47 Å². The highest BCUT2D eigenvalue weighted by molar-refractivity contribution is 5.39. The first-order valence-corrected chi connectivity index (χ1v) is 6.79. The number of ether oxygens (including phenoxy) is 2. The quantitative estimate of drug-likeness (QED) is 0.719. The van der Waals surface area contributed by atoms with Crippen LogP contribution in [0.2, 0.25) is 0 Å². The molecule has 1 atom stereocenters. The maximum atomic E-state index is 5.71. The van der Waals surface area contributed by atoms with Gasteiger partial charge in [-0.05, 0) is 31.4 Å². The Morgan fingerprint density at radius 1 is 1.28 bits per heavy atom. The Morgan fingerprint density at radius 2 is 2.00 bits per heavy atom. The Kier molecular flexibility index (Phi) is 4.88. The number of benzene rings is 1. The van der Waals surface area contributed by atoms with E-state index in [1.54, 1.807) is 7.11 Å². The lowest BCUT2D eigenvalue weighted by Gasteiger charge is -2.14. The molecule has 0 saturated heterocycles. The molecule has 1 aliphatic rings. The van der Waals surface area contributed by atoms with Gasteiger partial charge in [0.15, 0.2) is 11.5 Å². The SMILES string of the molecule is COc1ccccc1OCCNC(C)CC1CC1. The Hall–Kier alpha value is -1.22. The van der Waals surface area contributed by atoms with Crippen molar-refractivity contribution in [2.75, 3.05) is 20.3 Å². The number of nitrogens with one attached hydrogen (secondary N) is 1. The number of rotatable bonds is 8. The summed E-state index contributed by atoms with van der Waals surface area (Å²) in [5.74, 6) is 2.59. The molecule has 1 aliphatic carbocycles. The van der Waals surface area contributed by atoms with Crippen molar-refractivity contribution in [1.82, 2.24) is 5.32 Å². The molecule has 1 unspecified atom stereocenters. The van der Waals surface area contributed by atoms with Gasteiger partial charge in [-0.25, -0.2) is 0 Å². The zero-order valence-corrected chi connectivity index (χ0v) is 11.3. The molecule has 0 radical (unpaired) electrons. The van der Waals surface area contributed by atoms with Crippen LogP contribution in [0.25, 0.3) is 0 Å². The highest BCUT2D eigenvalue weighted by Gasteiger charge is 2.23. The van der Waals surface area contributed by atoms with Crippen molar-refractivity contribution in [2.45, 2.75) is 32.2 Å². The normalized spacial score (nSPS) is 16.3. The van der Waals surface area contributed by atoms with Gasteiger partial charge in [0.1, 0.15) is 6.61 Å². The average molecular weight is 249 g/mol. The minimum absolute atomic E-state index is 0.596. The summed E-state index contributed by atoms with van der Waals surface area (Å²) in [7, 11) is 1.66. The van der Waals surface area contributed by atoms with Crippen LogP contribution in [0.1, 0.15) is 26.2 Å². The van der Waals surface area contributed by atoms with Crippen LogP contribution in [0.5, 0.6) is 11.5 Å². The van der Waals surface area contributed by atoms with E-state index in [2.05, 4.69) is 12.2 Å². The van der Waals surface area contributed by atoms with Crippen LogP contribution in [0.3, 0.4) is 0 Å². The highest BCUT2D eigenvalue weighted by atomic mass is 16.5. The molecular weight excluding hydrogens is 226 g/mol. The maximum absolute atomic E-state index is 5.71. The summed E-state index contributed by atoms with van der Waals surface area (Å²) in [4.78, 5) is 0.